The first-order valence-electron chi connectivity index (χ1n) is 56.7. The Morgan fingerprint density at radius 3 is 0.864 bits per heavy atom. The third-order valence-electron chi connectivity index (χ3n) is 39.0. The second kappa shape index (κ2) is 54.1. The summed E-state index contributed by atoms with van der Waals surface area (Å²) in [4.78, 5) is 45.9. The van der Waals surface area contributed by atoms with Crippen LogP contribution in [0.15, 0.2) is 34.9 Å². The quantitative estimate of drug-likeness (QED) is 0.0156. The van der Waals surface area contributed by atoms with Crippen molar-refractivity contribution >= 4 is 18.3 Å². The van der Waals surface area contributed by atoms with E-state index in [0.29, 0.717) is 62.1 Å². The Balaban J connectivity index is 0.000000206. The summed E-state index contributed by atoms with van der Waals surface area (Å²) in [6, 6.07) is 0. The van der Waals surface area contributed by atoms with E-state index in [0.717, 1.165) is 313 Å². The predicted molar refractivity (Wildman–Crippen MR) is 553 cm³/mol. The highest BCUT2D eigenvalue weighted by Gasteiger charge is 2.63. The maximum atomic E-state index is 13.6. The summed E-state index contributed by atoms with van der Waals surface area (Å²) in [6.07, 6.45) is 61.6. The van der Waals surface area contributed by atoms with Crippen molar-refractivity contribution < 1.29 is 28.6 Å². The minimum atomic E-state index is -0.152. The van der Waals surface area contributed by atoms with Gasteiger partial charge < -0.3 is 79.3 Å². The lowest BCUT2D eigenvalue weighted by Crippen LogP contribution is -2.51. The molecular formula is C114H210N12O6. The van der Waals surface area contributed by atoms with Crippen molar-refractivity contribution in [2.45, 2.75) is 411 Å². The monoisotopic (exact) mass is 1840 g/mol. The van der Waals surface area contributed by atoms with Crippen molar-refractivity contribution in [2.75, 3.05) is 118 Å². The van der Waals surface area contributed by atoms with Crippen molar-refractivity contribution in [2.24, 2.45) is 173 Å². The Bertz CT molecular complexity index is 3460. The Kier molecular flexibility index (Phi) is 45.3. The number of nitrogens with two attached hydrogens (primary N) is 6. The fourth-order valence-electron chi connectivity index (χ4n) is 31.4. The minimum Gasteiger partial charge on any atom is -0.446 e. The topological polar surface area (TPSA) is 281 Å². The van der Waals surface area contributed by atoms with Crippen molar-refractivity contribution in [1.82, 2.24) is 30.7 Å². The number of amides is 3. The summed E-state index contributed by atoms with van der Waals surface area (Å²) < 4.78 is 18.7. The number of unbranched alkanes of at least 4 members (excludes halogenated alkanes) is 3. The number of hydrogen-bond acceptors (Lipinski definition) is 15. The van der Waals surface area contributed by atoms with Crippen LogP contribution >= 0.6 is 0 Å². The molecule has 0 saturated heterocycles. The Labute approximate surface area is 810 Å². The first-order chi connectivity index (χ1) is 63.4. The summed E-state index contributed by atoms with van der Waals surface area (Å²) in [5, 5.41) is 10.4. The normalized spacial score (nSPS) is 33.7. The van der Waals surface area contributed by atoms with Gasteiger partial charge >= 0.3 is 18.3 Å². The van der Waals surface area contributed by atoms with Crippen LogP contribution in [-0.2, 0) is 14.2 Å². The molecule has 9 fully saturated rings. The van der Waals surface area contributed by atoms with Crippen LogP contribution in [-0.4, -0.2) is 169 Å². The molecule has 0 heterocycles. The molecule has 0 aliphatic heterocycles. The number of nitrogens with one attached hydrogen (secondary N) is 3. The highest BCUT2D eigenvalue weighted by Crippen LogP contribution is 2.71. The van der Waals surface area contributed by atoms with E-state index in [1.807, 2.05) is 14.7 Å². The molecule has 18 heteroatoms. The average molecular weight is 1850 g/mol. The zero-order chi connectivity index (χ0) is 95.2. The first kappa shape index (κ1) is 111. The van der Waals surface area contributed by atoms with Crippen molar-refractivity contribution in [3.05, 3.63) is 34.9 Å². The molecule has 0 spiro atoms. The average Bonchev–Trinajstić information content (AvgIpc) is 1.51. The number of rotatable bonds is 51. The van der Waals surface area contributed by atoms with Crippen LogP contribution in [0, 0.1) is 139 Å². The Morgan fingerprint density at radius 1 is 0.311 bits per heavy atom. The van der Waals surface area contributed by atoms with Crippen molar-refractivity contribution in [3.63, 3.8) is 0 Å². The summed E-state index contributed by atoms with van der Waals surface area (Å²) in [6.45, 7) is 51.8. The smallest absolute Gasteiger partial charge is 0.410 e. The molecule has 0 aromatic rings. The maximum Gasteiger partial charge on any atom is 0.410 e. The fourth-order valence-corrected chi connectivity index (χ4v) is 31.4. The first-order valence-corrected chi connectivity index (χ1v) is 56.7. The maximum absolute atomic E-state index is 13.6. The highest BCUT2D eigenvalue weighted by molar-refractivity contribution is 5.69. The zero-order valence-electron chi connectivity index (χ0n) is 88.2. The van der Waals surface area contributed by atoms with Gasteiger partial charge in [0.05, 0.1) is 0 Å². The van der Waals surface area contributed by atoms with E-state index in [1.165, 1.54) is 154 Å². The Morgan fingerprint density at radius 2 is 0.576 bits per heavy atom. The molecule has 0 aromatic carbocycles. The predicted octanol–water partition coefficient (Wildman–Crippen LogP) is 23.7. The molecule has 12 aliphatic carbocycles. The number of hydrogen-bond donors (Lipinski definition) is 9. The van der Waals surface area contributed by atoms with Gasteiger partial charge in [0.15, 0.2) is 0 Å². The van der Waals surface area contributed by atoms with Gasteiger partial charge in [0.1, 0.15) is 18.3 Å². The van der Waals surface area contributed by atoms with Gasteiger partial charge in [-0.05, 0) is 429 Å². The molecule has 24 atom stereocenters. The van der Waals surface area contributed by atoms with Gasteiger partial charge in [0.25, 0.3) is 0 Å². The molecule has 0 aromatic heterocycles. The van der Waals surface area contributed by atoms with Gasteiger partial charge in [-0.15, -0.1) is 0 Å². The van der Waals surface area contributed by atoms with Crippen molar-refractivity contribution in [3.8, 4) is 0 Å². The second-order valence-electron chi connectivity index (χ2n) is 48.8. The number of nitrogens with zero attached hydrogens (tertiary/aromatic N) is 3. The van der Waals surface area contributed by atoms with E-state index in [1.54, 1.807) is 16.7 Å². The molecule has 762 valence electrons. The second-order valence-corrected chi connectivity index (χ2v) is 48.8. The van der Waals surface area contributed by atoms with Gasteiger partial charge in [-0.2, -0.15) is 0 Å². The molecular weight excluding hydrogens is 1630 g/mol. The number of ether oxygens (including phenoxy) is 3. The van der Waals surface area contributed by atoms with Crippen LogP contribution in [0.2, 0.25) is 0 Å². The van der Waals surface area contributed by atoms with Crippen molar-refractivity contribution in [1.29, 1.82) is 0 Å². The minimum absolute atomic E-state index is 0.00731. The van der Waals surface area contributed by atoms with E-state index in [4.69, 9.17) is 48.6 Å². The standard InChI is InChI=1S/C41H77N5O2.C38H70N4O2.C35H63N3O2/c1-31(2)12-8-13-32(3)36-16-17-37-35-15-14-33-30-34(18-20-40(33,4)38(35)19-21-41(36,37)5)48-39(47)46(29-11-27-45-26-10-23-43)28-7-6-24-44-25-9-22-42;1-28(2)11-8-12-29(3)33-15-16-34-32-14-13-30-27-31(17-19-37(30,4)35(32)18-20-38(33,34)5)44-36(43)42(26-10-22-40)25-7-6-23-41-24-9-21-39;1-25(2)10-8-11-26(3)30-14-15-31-29-13-12-27-24-28(16-18-34(27,4)32(29)17-19-35(30,31)5)40-33(39)38(23-9-21-37)22-7-6-20-36/h14,31-32,34-38,44-45H,6-13,15-30,42-43H2,1-5H3;13,28-29,31-35,41H,6-12,14-27,39-40H2,1-5H3;12,25-26,28-32H,6-11,13-24,36-37H2,1-5H3. The van der Waals surface area contributed by atoms with E-state index in [9.17, 15) is 14.4 Å². The zero-order valence-corrected chi connectivity index (χ0v) is 88.2. The number of fused-ring (bicyclic) bond motifs is 15. The van der Waals surface area contributed by atoms with Crippen LogP contribution in [0.3, 0.4) is 0 Å². The molecule has 18 nitrogen and oxygen atoms in total. The molecule has 24 unspecified atom stereocenters. The molecule has 3 amide bonds. The number of carbonyl (C=O) groups excluding carboxylic acids is 3. The number of allylic oxidation sites excluding steroid dienone is 3. The van der Waals surface area contributed by atoms with Gasteiger partial charge in [0, 0.05) is 58.5 Å². The molecule has 0 radical (unpaired) electrons. The van der Waals surface area contributed by atoms with Crippen LogP contribution in [0.25, 0.3) is 0 Å². The van der Waals surface area contributed by atoms with E-state index >= 15 is 0 Å². The summed E-state index contributed by atoms with van der Waals surface area (Å²) in [5.74, 6) is 15.3. The molecule has 15 N–H and O–H groups in total. The van der Waals surface area contributed by atoms with Gasteiger partial charge in [0.2, 0.25) is 0 Å². The fraction of sp³-hybridized carbons (Fsp3) is 0.921. The molecule has 132 heavy (non-hydrogen) atoms. The SMILES string of the molecule is CC(C)CCCC(C)C1CCC2C3CC=C4CC(OC(=O)N(CCCCNCCCN)CCCNCCCN)CCC4(C)C3CCC12C.CC(C)CCCC(C)C1CCC2C3CC=C4CC(OC(=O)N(CCCN)CCCCN)CCC4(C)C3CCC12C.CC(C)CCCC(C)C1CCC2C3CC=C4CC(OC(=O)N(CCCN)CCCCNCCCN)CCC4(C)C3CCC12C. The lowest BCUT2D eigenvalue weighted by atomic mass is 9.47. The lowest BCUT2D eigenvalue weighted by molar-refractivity contribution is -0.0593. The summed E-state index contributed by atoms with van der Waals surface area (Å²) in [7, 11) is 0. The molecule has 12 rings (SSSR count). The van der Waals surface area contributed by atoms with E-state index in [2.05, 4.69) is 138 Å². The van der Waals surface area contributed by atoms with E-state index < -0.39 is 0 Å². The molecule has 9 saturated carbocycles. The van der Waals surface area contributed by atoms with Gasteiger partial charge in [-0.25, -0.2) is 14.4 Å². The lowest BCUT2D eigenvalue weighted by Gasteiger charge is -2.58. The molecule has 0 bridgehead atoms. The third-order valence-corrected chi connectivity index (χ3v) is 39.0. The molecule has 12 aliphatic rings. The van der Waals surface area contributed by atoms with Crippen LogP contribution in [0.5, 0.6) is 0 Å². The highest BCUT2D eigenvalue weighted by atomic mass is 16.6. The van der Waals surface area contributed by atoms with Crippen LogP contribution in [0.4, 0.5) is 14.4 Å². The van der Waals surface area contributed by atoms with Gasteiger partial charge in [-0.3, -0.25) is 0 Å². The summed E-state index contributed by atoms with van der Waals surface area (Å²) in [5.41, 5.74) is 41.3. The van der Waals surface area contributed by atoms with Crippen LogP contribution in [0.1, 0.15) is 393 Å². The largest absolute Gasteiger partial charge is 0.446 e. The van der Waals surface area contributed by atoms with E-state index in [-0.39, 0.29) is 52.8 Å². The Hall–Kier alpha value is -3.33. The number of carbonyl (C=O) groups is 3. The third kappa shape index (κ3) is 28.8. The van der Waals surface area contributed by atoms with Crippen LogP contribution < -0.4 is 50.4 Å². The summed E-state index contributed by atoms with van der Waals surface area (Å²) >= 11 is 0. The van der Waals surface area contributed by atoms with Gasteiger partial charge in [-0.1, -0.05) is 197 Å².